The van der Waals surface area contributed by atoms with Crippen LogP contribution in [0.3, 0.4) is 0 Å². The van der Waals surface area contributed by atoms with Gasteiger partial charge >= 0.3 is 5.97 Å². The van der Waals surface area contributed by atoms with Crippen molar-refractivity contribution in [1.29, 1.82) is 0 Å². The van der Waals surface area contributed by atoms with Crippen molar-refractivity contribution in [3.8, 4) is 0 Å². The largest absolute Gasteiger partial charge is 0.453 e. The molecule has 1 aromatic rings. The van der Waals surface area contributed by atoms with Gasteiger partial charge in [-0.3, -0.25) is 0 Å². The first-order chi connectivity index (χ1) is 11.3. The number of hydrogen-bond acceptors (Lipinski definition) is 4. The lowest BCUT2D eigenvalue weighted by Gasteiger charge is -2.16. The first-order valence-corrected chi connectivity index (χ1v) is 8.81. The molecule has 3 rings (SSSR count). The van der Waals surface area contributed by atoms with Gasteiger partial charge in [-0.1, -0.05) is 38.3 Å². The van der Waals surface area contributed by atoms with Crippen LogP contribution in [0.15, 0.2) is 24.3 Å². The molecule has 4 heteroatoms. The Labute approximate surface area is 138 Å². The highest BCUT2D eigenvalue weighted by atomic mass is 16.6. The Kier molecular flexibility index (Phi) is 5.68. The number of esters is 1. The van der Waals surface area contributed by atoms with Gasteiger partial charge in [-0.15, -0.1) is 0 Å². The predicted molar refractivity (Wildman–Crippen MR) is 87.6 cm³/mol. The molecule has 0 bridgehead atoms. The molecule has 2 heterocycles. The molecule has 0 saturated carbocycles. The molecule has 2 saturated heterocycles. The second kappa shape index (κ2) is 7.93. The molecule has 23 heavy (non-hydrogen) atoms. The van der Waals surface area contributed by atoms with Gasteiger partial charge in [0.05, 0.1) is 18.3 Å². The van der Waals surface area contributed by atoms with Gasteiger partial charge in [-0.05, 0) is 37.0 Å². The van der Waals surface area contributed by atoms with Crippen LogP contribution in [0, 0.1) is 0 Å². The van der Waals surface area contributed by atoms with Gasteiger partial charge < -0.3 is 14.2 Å². The van der Waals surface area contributed by atoms with E-state index in [1.807, 2.05) is 24.3 Å². The Balaban J connectivity index is 1.49. The molecule has 2 aliphatic rings. The summed E-state index contributed by atoms with van der Waals surface area (Å²) in [5, 5.41) is 0. The van der Waals surface area contributed by atoms with Gasteiger partial charge in [-0.25, -0.2) is 4.79 Å². The molecule has 2 aliphatic heterocycles. The standard InChI is InChI=1S/C19H26O4/c1-2-3-4-5-6-14-7-9-15(10-8-14)19(20)23-17-13-22-16-11-12-21-18(16)17/h7-10,16-18H,2-6,11-13H2,1H3. The molecule has 1 aromatic carbocycles. The smallest absolute Gasteiger partial charge is 0.338 e. The van der Waals surface area contributed by atoms with Gasteiger partial charge in [0, 0.05) is 6.61 Å². The summed E-state index contributed by atoms with van der Waals surface area (Å²) in [6, 6.07) is 7.78. The average Bonchev–Trinajstić information content (AvgIpc) is 3.17. The Hall–Kier alpha value is -1.39. The maximum Gasteiger partial charge on any atom is 0.338 e. The van der Waals surface area contributed by atoms with E-state index < -0.39 is 0 Å². The number of ether oxygens (including phenoxy) is 3. The summed E-state index contributed by atoms with van der Waals surface area (Å²) < 4.78 is 16.8. The van der Waals surface area contributed by atoms with E-state index in [2.05, 4.69) is 6.92 Å². The summed E-state index contributed by atoms with van der Waals surface area (Å²) in [6.45, 7) is 3.35. The predicted octanol–water partition coefficient (Wildman–Crippen LogP) is 3.52. The van der Waals surface area contributed by atoms with E-state index in [1.54, 1.807) is 0 Å². The quantitative estimate of drug-likeness (QED) is 0.570. The zero-order valence-corrected chi connectivity index (χ0v) is 13.8. The highest BCUT2D eigenvalue weighted by Crippen LogP contribution is 2.28. The third-order valence-electron chi connectivity index (χ3n) is 4.69. The van der Waals surface area contributed by atoms with E-state index >= 15 is 0 Å². The molecule has 0 amide bonds. The summed E-state index contributed by atoms with van der Waals surface area (Å²) >= 11 is 0. The second-order valence-electron chi connectivity index (χ2n) is 6.45. The molecule has 0 aliphatic carbocycles. The lowest BCUT2D eigenvalue weighted by atomic mass is 10.0. The number of unbranched alkanes of at least 4 members (excludes halogenated alkanes) is 3. The Bertz CT molecular complexity index is 511. The van der Waals surface area contributed by atoms with Crippen molar-refractivity contribution < 1.29 is 19.0 Å². The van der Waals surface area contributed by atoms with E-state index in [9.17, 15) is 4.79 Å². The zero-order valence-electron chi connectivity index (χ0n) is 13.8. The minimum atomic E-state index is -0.285. The van der Waals surface area contributed by atoms with Crippen LogP contribution in [0.5, 0.6) is 0 Å². The summed E-state index contributed by atoms with van der Waals surface area (Å²) in [5.41, 5.74) is 1.88. The number of carbonyl (C=O) groups is 1. The van der Waals surface area contributed by atoms with Gasteiger partial charge in [0.15, 0.2) is 6.10 Å². The molecule has 2 fully saturated rings. The summed E-state index contributed by atoms with van der Waals surface area (Å²) in [6.07, 6.45) is 6.72. The number of fused-ring (bicyclic) bond motifs is 1. The number of hydrogen-bond donors (Lipinski definition) is 0. The molecule has 0 radical (unpaired) electrons. The maximum absolute atomic E-state index is 12.3. The molecule has 0 aromatic heterocycles. The van der Waals surface area contributed by atoms with Gasteiger partial charge in [0.1, 0.15) is 6.10 Å². The molecular weight excluding hydrogens is 292 g/mol. The molecule has 126 valence electrons. The molecule has 3 atom stereocenters. The van der Waals surface area contributed by atoms with Crippen LogP contribution in [-0.4, -0.2) is 37.5 Å². The number of carbonyl (C=O) groups excluding carboxylic acids is 1. The summed E-state index contributed by atoms with van der Waals surface area (Å²) in [7, 11) is 0. The van der Waals surface area contributed by atoms with Crippen LogP contribution >= 0.6 is 0 Å². The second-order valence-corrected chi connectivity index (χ2v) is 6.45. The average molecular weight is 318 g/mol. The van der Waals surface area contributed by atoms with Crippen LogP contribution in [-0.2, 0) is 20.6 Å². The van der Waals surface area contributed by atoms with Crippen molar-refractivity contribution in [1.82, 2.24) is 0 Å². The highest BCUT2D eigenvalue weighted by molar-refractivity contribution is 5.89. The van der Waals surface area contributed by atoms with Gasteiger partial charge in [0.25, 0.3) is 0 Å². The first kappa shape index (κ1) is 16.5. The van der Waals surface area contributed by atoms with Crippen molar-refractivity contribution in [2.24, 2.45) is 0 Å². The van der Waals surface area contributed by atoms with Crippen molar-refractivity contribution in [2.75, 3.05) is 13.2 Å². The van der Waals surface area contributed by atoms with Crippen LogP contribution in [0.1, 0.15) is 54.9 Å². The maximum atomic E-state index is 12.3. The minimum Gasteiger partial charge on any atom is -0.453 e. The molecule has 3 unspecified atom stereocenters. The summed E-state index contributed by atoms with van der Waals surface area (Å²) in [4.78, 5) is 12.3. The molecule has 0 N–H and O–H groups in total. The van der Waals surface area contributed by atoms with Crippen molar-refractivity contribution in [3.63, 3.8) is 0 Å². The van der Waals surface area contributed by atoms with E-state index in [4.69, 9.17) is 14.2 Å². The van der Waals surface area contributed by atoms with Gasteiger partial charge in [0.2, 0.25) is 0 Å². The highest BCUT2D eigenvalue weighted by Gasteiger charge is 2.44. The third-order valence-corrected chi connectivity index (χ3v) is 4.69. The third kappa shape index (κ3) is 4.12. The first-order valence-electron chi connectivity index (χ1n) is 8.81. The van der Waals surface area contributed by atoms with Crippen LogP contribution in [0.25, 0.3) is 0 Å². The normalized spacial score (nSPS) is 26.2. The van der Waals surface area contributed by atoms with E-state index in [1.165, 1.54) is 31.2 Å². The van der Waals surface area contributed by atoms with Gasteiger partial charge in [-0.2, -0.15) is 0 Å². The van der Waals surface area contributed by atoms with Crippen LogP contribution < -0.4 is 0 Å². The number of rotatable bonds is 7. The minimum absolute atomic E-state index is 0.0863. The molecular formula is C19H26O4. The Morgan fingerprint density at radius 2 is 2.00 bits per heavy atom. The fraction of sp³-hybridized carbons (Fsp3) is 0.632. The Morgan fingerprint density at radius 3 is 2.78 bits per heavy atom. The topological polar surface area (TPSA) is 44.8 Å². The lowest BCUT2D eigenvalue weighted by Crippen LogP contribution is -2.32. The van der Waals surface area contributed by atoms with Crippen LogP contribution in [0.4, 0.5) is 0 Å². The molecule has 4 nitrogen and oxygen atoms in total. The van der Waals surface area contributed by atoms with Crippen molar-refractivity contribution in [2.45, 2.75) is 63.8 Å². The fourth-order valence-corrected chi connectivity index (χ4v) is 3.30. The van der Waals surface area contributed by atoms with E-state index in [-0.39, 0.29) is 24.3 Å². The van der Waals surface area contributed by atoms with Crippen molar-refractivity contribution >= 4 is 5.97 Å². The number of aryl methyl sites for hydroxylation is 1. The SMILES string of the molecule is CCCCCCc1ccc(C(=O)OC2COC3CCOC32)cc1. The summed E-state index contributed by atoms with van der Waals surface area (Å²) in [5.74, 6) is -0.285. The Morgan fingerprint density at radius 1 is 1.17 bits per heavy atom. The van der Waals surface area contributed by atoms with E-state index in [0.717, 1.165) is 12.8 Å². The zero-order chi connectivity index (χ0) is 16.1. The lowest BCUT2D eigenvalue weighted by molar-refractivity contribution is -0.0148. The number of benzene rings is 1. The van der Waals surface area contributed by atoms with E-state index in [0.29, 0.717) is 18.8 Å². The van der Waals surface area contributed by atoms with Crippen LogP contribution in [0.2, 0.25) is 0 Å². The van der Waals surface area contributed by atoms with Crippen molar-refractivity contribution in [3.05, 3.63) is 35.4 Å². The fourth-order valence-electron chi connectivity index (χ4n) is 3.30. The monoisotopic (exact) mass is 318 g/mol. The molecule has 0 spiro atoms.